The molecular weight excluding hydrogens is 376 g/mol. The molecule has 4 heteroatoms. The van der Waals surface area contributed by atoms with Gasteiger partial charge in [0.2, 0.25) is 0 Å². The minimum atomic E-state index is -0.175. The Balaban J connectivity index is 1.22. The largest absolute Gasteiger partial charge is 0.469 e. The molecule has 2 aromatic rings. The Labute approximate surface area is 178 Å². The Kier molecular flexibility index (Phi) is 5.06. The monoisotopic (exact) mass is 406 g/mol. The highest BCUT2D eigenvalue weighted by Gasteiger charge is 2.52. The molecule has 2 aromatic carbocycles. The number of hydrogen-bond acceptors (Lipinski definition) is 4. The van der Waals surface area contributed by atoms with Crippen LogP contribution in [0.5, 0.6) is 11.5 Å². The van der Waals surface area contributed by atoms with Gasteiger partial charge in [-0.2, -0.15) is 0 Å². The molecule has 4 fully saturated rings. The van der Waals surface area contributed by atoms with Crippen molar-refractivity contribution >= 4 is 5.97 Å². The number of methoxy groups -OCH3 is 1. The minimum absolute atomic E-state index is 0.0299. The fourth-order valence-electron chi connectivity index (χ4n) is 5.42. The van der Waals surface area contributed by atoms with E-state index < -0.39 is 0 Å². The fourth-order valence-corrected chi connectivity index (χ4v) is 5.42. The summed E-state index contributed by atoms with van der Waals surface area (Å²) in [7, 11) is 1.49. The van der Waals surface area contributed by atoms with Crippen LogP contribution in [-0.4, -0.2) is 19.7 Å². The molecule has 4 nitrogen and oxygen atoms in total. The first kappa shape index (κ1) is 19.6. The molecule has 2 aliphatic carbocycles. The normalized spacial score (nSPS) is 31.9. The van der Waals surface area contributed by atoms with E-state index in [0.29, 0.717) is 11.3 Å². The molecule has 4 aliphatic rings. The SMILES string of the molecule is COC(=O)[C@@H]1C[C@@H]1CCC12CCC(c3cccc(Oc4ccccc4)c3)(CC1)OC2. The Bertz CT molecular complexity index is 882. The maximum absolute atomic E-state index is 11.7. The van der Waals surface area contributed by atoms with Crippen LogP contribution in [0.25, 0.3) is 0 Å². The van der Waals surface area contributed by atoms with Crippen LogP contribution in [0.15, 0.2) is 54.6 Å². The number of carbonyl (C=O) groups is 1. The Morgan fingerprint density at radius 3 is 2.50 bits per heavy atom. The van der Waals surface area contributed by atoms with Gasteiger partial charge in [-0.1, -0.05) is 30.3 Å². The smallest absolute Gasteiger partial charge is 0.308 e. The maximum Gasteiger partial charge on any atom is 0.308 e. The zero-order valence-corrected chi connectivity index (χ0v) is 17.6. The van der Waals surface area contributed by atoms with E-state index in [0.717, 1.165) is 43.8 Å². The summed E-state index contributed by atoms with van der Waals surface area (Å²) in [6, 6.07) is 18.3. The Hall–Kier alpha value is -2.33. The lowest BCUT2D eigenvalue weighted by molar-refractivity contribution is -0.192. The van der Waals surface area contributed by atoms with Crippen LogP contribution in [0, 0.1) is 17.3 Å². The van der Waals surface area contributed by atoms with E-state index in [1.807, 2.05) is 36.4 Å². The second kappa shape index (κ2) is 7.73. The second-order valence-electron chi connectivity index (χ2n) is 9.39. The molecule has 2 aliphatic heterocycles. The molecule has 0 radical (unpaired) electrons. The summed E-state index contributed by atoms with van der Waals surface area (Å²) >= 11 is 0. The molecular formula is C26H30O4. The van der Waals surface area contributed by atoms with Crippen molar-refractivity contribution in [1.29, 1.82) is 0 Å². The van der Waals surface area contributed by atoms with E-state index in [-0.39, 0.29) is 17.5 Å². The molecule has 30 heavy (non-hydrogen) atoms. The standard InChI is InChI=1S/C26H30O4/c1-28-24(27)23-16-19(23)10-11-25-12-14-26(15-13-25,29-18-25)20-6-5-9-22(17-20)30-21-7-3-2-4-8-21/h2-9,17,19,23H,10-16,18H2,1H3/t19-,23+,25?,26?/m0/s1. The highest BCUT2D eigenvalue weighted by atomic mass is 16.5. The highest BCUT2D eigenvalue weighted by Crippen LogP contribution is 2.57. The third kappa shape index (κ3) is 3.74. The van der Waals surface area contributed by atoms with E-state index in [9.17, 15) is 4.79 Å². The molecule has 0 N–H and O–H groups in total. The van der Waals surface area contributed by atoms with Gasteiger partial charge in [0, 0.05) is 0 Å². The lowest BCUT2D eigenvalue weighted by atomic mass is 9.62. The van der Waals surface area contributed by atoms with Crippen LogP contribution in [0.3, 0.4) is 0 Å². The van der Waals surface area contributed by atoms with Crippen molar-refractivity contribution in [3.63, 3.8) is 0 Å². The first-order valence-electron chi connectivity index (χ1n) is 11.2. The van der Waals surface area contributed by atoms with Crippen LogP contribution < -0.4 is 4.74 Å². The van der Waals surface area contributed by atoms with Crippen LogP contribution in [0.1, 0.15) is 50.5 Å². The van der Waals surface area contributed by atoms with Gasteiger partial charge in [0.1, 0.15) is 11.5 Å². The first-order chi connectivity index (χ1) is 14.6. The molecule has 0 amide bonds. The van der Waals surface area contributed by atoms with Gasteiger partial charge in [-0.05, 0) is 86.1 Å². The number of para-hydroxylation sites is 1. The van der Waals surface area contributed by atoms with E-state index in [1.165, 1.54) is 31.9 Å². The average Bonchev–Trinajstić information content (AvgIpc) is 3.59. The van der Waals surface area contributed by atoms with Crippen molar-refractivity contribution in [3.05, 3.63) is 60.2 Å². The molecule has 158 valence electrons. The van der Waals surface area contributed by atoms with Crippen molar-refractivity contribution in [2.45, 2.75) is 50.5 Å². The van der Waals surface area contributed by atoms with Crippen molar-refractivity contribution in [1.82, 2.24) is 0 Å². The summed E-state index contributed by atoms with van der Waals surface area (Å²) in [6.45, 7) is 0.826. The number of hydrogen-bond donors (Lipinski definition) is 0. The molecule has 0 spiro atoms. The molecule has 0 aromatic heterocycles. The van der Waals surface area contributed by atoms with Gasteiger partial charge in [0.05, 0.1) is 25.2 Å². The van der Waals surface area contributed by atoms with Crippen molar-refractivity contribution in [2.75, 3.05) is 13.7 Å². The predicted octanol–water partition coefficient (Wildman–Crippen LogP) is 5.85. The average molecular weight is 407 g/mol. The van der Waals surface area contributed by atoms with Crippen LogP contribution in [0.2, 0.25) is 0 Å². The highest BCUT2D eigenvalue weighted by molar-refractivity contribution is 5.75. The zero-order chi connectivity index (χ0) is 20.6. The molecule has 6 rings (SSSR count). The van der Waals surface area contributed by atoms with Gasteiger partial charge in [-0.25, -0.2) is 0 Å². The molecule has 2 saturated carbocycles. The Morgan fingerprint density at radius 1 is 1.03 bits per heavy atom. The number of carbonyl (C=O) groups excluding carboxylic acids is 1. The van der Waals surface area contributed by atoms with E-state index in [2.05, 4.69) is 18.2 Å². The van der Waals surface area contributed by atoms with Gasteiger partial charge in [0.25, 0.3) is 0 Å². The van der Waals surface area contributed by atoms with Crippen molar-refractivity contribution < 1.29 is 19.0 Å². The van der Waals surface area contributed by atoms with Gasteiger partial charge in [-0.3, -0.25) is 4.79 Å². The number of esters is 1. The molecule has 2 heterocycles. The summed E-state index contributed by atoms with van der Waals surface area (Å²) in [5.74, 6) is 2.35. The molecule has 0 unspecified atom stereocenters. The lowest BCUT2D eigenvalue weighted by Crippen LogP contribution is -2.49. The maximum atomic E-state index is 11.7. The van der Waals surface area contributed by atoms with Crippen LogP contribution in [-0.2, 0) is 19.9 Å². The molecule has 2 bridgehead atoms. The summed E-state index contributed by atoms with van der Waals surface area (Å²) in [5.41, 5.74) is 1.35. The van der Waals surface area contributed by atoms with Gasteiger partial charge >= 0.3 is 5.97 Å². The fraction of sp³-hybridized carbons (Fsp3) is 0.500. The van der Waals surface area contributed by atoms with E-state index in [1.54, 1.807) is 0 Å². The predicted molar refractivity (Wildman–Crippen MR) is 114 cm³/mol. The number of rotatable bonds is 7. The quantitative estimate of drug-likeness (QED) is 0.541. The zero-order valence-electron chi connectivity index (χ0n) is 17.6. The van der Waals surface area contributed by atoms with Crippen LogP contribution >= 0.6 is 0 Å². The second-order valence-corrected chi connectivity index (χ2v) is 9.39. The summed E-state index contributed by atoms with van der Waals surface area (Å²) in [5, 5.41) is 0. The first-order valence-corrected chi connectivity index (χ1v) is 11.2. The summed E-state index contributed by atoms with van der Waals surface area (Å²) < 4.78 is 17.5. The third-order valence-corrected chi connectivity index (χ3v) is 7.58. The minimum Gasteiger partial charge on any atom is -0.469 e. The number of ether oxygens (including phenoxy) is 3. The summed E-state index contributed by atoms with van der Waals surface area (Å²) in [4.78, 5) is 11.7. The number of benzene rings is 2. The lowest BCUT2D eigenvalue weighted by Gasteiger charge is -2.53. The number of fused-ring (bicyclic) bond motifs is 3. The molecule has 2 saturated heterocycles. The van der Waals surface area contributed by atoms with Gasteiger partial charge in [0.15, 0.2) is 0 Å². The topological polar surface area (TPSA) is 44.8 Å². The van der Waals surface area contributed by atoms with Crippen LogP contribution in [0.4, 0.5) is 0 Å². The van der Waals surface area contributed by atoms with Gasteiger partial charge < -0.3 is 14.2 Å². The third-order valence-electron chi connectivity index (χ3n) is 7.58. The Morgan fingerprint density at radius 2 is 1.80 bits per heavy atom. The van der Waals surface area contributed by atoms with E-state index >= 15 is 0 Å². The molecule has 2 atom stereocenters. The van der Waals surface area contributed by atoms with Gasteiger partial charge in [-0.15, -0.1) is 0 Å². The van der Waals surface area contributed by atoms with E-state index in [4.69, 9.17) is 14.2 Å². The van der Waals surface area contributed by atoms with Crippen molar-refractivity contribution in [2.24, 2.45) is 17.3 Å². The summed E-state index contributed by atoms with van der Waals surface area (Å²) in [6.07, 6.45) is 7.81. The van der Waals surface area contributed by atoms with Crippen molar-refractivity contribution in [3.8, 4) is 11.5 Å².